The molecular formula is C13H8Br2F4N4O3. The summed E-state index contributed by atoms with van der Waals surface area (Å²) in [5.74, 6) is -0.842. The van der Waals surface area contributed by atoms with Gasteiger partial charge in [0.05, 0.1) is 10.6 Å². The standard InChI is InChI=1S/C13H8Br2F4N4O3/c14-6-1-5(23(25)26)2-7(15)11(6)20-10(24)4-22-9(13(18)19)3-8(21-22)12(16)17/h1-3,12-13H,4H2,(H,20,24). The van der Waals surface area contributed by atoms with Crippen molar-refractivity contribution >= 4 is 49.1 Å². The van der Waals surface area contributed by atoms with Crippen molar-refractivity contribution in [3.63, 3.8) is 0 Å². The van der Waals surface area contributed by atoms with E-state index in [1.165, 1.54) is 0 Å². The zero-order valence-electron chi connectivity index (χ0n) is 12.4. The summed E-state index contributed by atoms with van der Waals surface area (Å²) < 4.78 is 51.9. The Balaban J connectivity index is 2.23. The van der Waals surface area contributed by atoms with Crippen LogP contribution in [-0.2, 0) is 11.3 Å². The number of carbonyl (C=O) groups excluding carboxylic acids is 1. The highest BCUT2D eigenvalue weighted by Gasteiger charge is 2.23. The van der Waals surface area contributed by atoms with Crippen LogP contribution in [0.2, 0.25) is 0 Å². The topological polar surface area (TPSA) is 90.1 Å². The third kappa shape index (κ3) is 4.58. The van der Waals surface area contributed by atoms with Crippen molar-refractivity contribution in [2.75, 3.05) is 5.32 Å². The Bertz CT molecular complexity index is 837. The van der Waals surface area contributed by atoms with Gasteiger partial charge in [-0.15, -0.1) is 0 Å². The summed E-state index contributed by atoms with van der Waals surface area (Å²) in [5.41, 5.74) is -1.83. The van der Waals surface area contributed by atoms with E-state index in [0.29, 0.717) is 10.7 Å². The van der Waals surface area contributed by atoms with Crippen LogP contribution in [-0.4, -0.2) is 20.6 Å². The van der Waals surface area contributed by atoms with Crippen LogP contribution < -0.4 is 5.32 Å². The Morgan fingerprint density at radius 1 is 1.19 bits per heavy atom. The highest BCUT2D eigenvalue weighted by atomic mass is 79.9. The lowest BCUT2D eigenvalue weighted by atomic mass is 10.3. The summed E-state index contributed by atoms with van der Waals surface area (Å²) in [4.78, 5) is 22.2. The van der Waals surface area contributed by atoms with Crippen LogP contribution in [0, 0.1) is 10.1 Å². The maximum absolute atomic E-state index is 12.9. The molecule has 1 aromatic heterocycles. The van der Waals surface area contributed by atoms with Gasteiger partial charge < -0.3 is 5.32 Å². The number of benzene rings is 1. The number of nitro groups is 1. The predicted octanol–water partition coefficient (Wildman–Crippen LogP) is 4.83. The number of amides is 1. The predicted molar refractivity (Wildman–Crippen MR) is 89.3 cm³/mol. The number of hydrogen-bond donors (Lipinski definition) is 1. The molecule has 0 saturated heterocycles. The summed E-state index contributed by atoms with van der Waals surface area (Å²) in [6, 6.07) is 2.79. The van der Waals surface area contributed by atoms with Gasteiger partial charge in [-0.2, -0.15) is 5.10 Å². The molecule has 26 heavy (non-hydrogen) atoms. The maximum atomic E-state index is 12.9. The van der Waals surface area contributed by atoms with Crippen molar-refractivity contribution in [1.82, 2.24) is 9.78 Å². The molecule has 0 aliphatic carbocycles. The van der Waals surface area contributed by atoms with Crippen molar-refractivity contribution in [2.24, 2.45) is 0 Å². The van der Waals surface area contributed by atoms with Crippen molar-refractivity contribution in [2.45, 2.75) is 19.4 Å². The smallest absolute Gasteiger partial charge is 0.282 e. The van der Waals surface area contributed by atoms with Gasteiger partial charge in [0.25, 0.3) is 18.5 Å². The number of carbonyl (C=O) groups is 1. The summed E-state index contributed by atoms with van der Waals surface area (Å²) in [6.07, 6.45) is -6.16. The number of nitro benzene ring substituents is 1. The second-order valence-electron chi connectivity index (χ2n) is 4.84. The normalized spacial score (nSPS) is 11.2. The summed E-state index contributed by atoms with van der Waals surface area (Å²) in [7, 11) is 0. The molecule has 7 nitrogen and oxygen atoms in total. The number of hydrogen-bond acceptors (Lipinski definition) is 4. The summed E-state index contributed by atoms with van der Waals surface area (Å²) in [5, 5.41) is 16.4. The quantitative estimate of drug-likeness (QED) is 0.347. The van der Waals surface area contributed by atoms with Crippen LogP contribution in [0.15, 0.2) is 27.1 Å². The maximum Gasteiger partial charge on any atom is 0.282 e. The van der Waals surface area contributed by atoms with Crippen LogP contribution in [0.1, 0.15) is 24.2 Å². The minimum absolute atomic E-state index is 0.112. The lowest BCUT2D eigenvalue weighted by Crippen LogP contribution is -2.21. The van der Waals surface area contributed by atoms with Gasteiger partial charge in [0.1, 0.15) is 17.9 Å². The fourth-order valence-corrected chi connectivity index (χ4v) is 3.32. The number of non-ortho nitro benzene ring substituents is 1. The van der Waals surface area contributed by atoms with Gasteiger partial charge in [-0.05, 0) is 37.9 Å². The van der Waals surface area contributed by atoms with Crippen LogP contribution in [0.5, 0.6) is 0 Å². The van der Waals surface area contributed by atoms with E-state index in [1.54, 1.807) is 0 Å². The van der Waals surface area contributed by atoms with Crippen molar-refractivity contribution in [3.05, 3.63) is 48.6 Å². The minimum atomic E-state index is -3.10. The molecule has 2 aromatic rings. The van der Waals surface area contributed by atoms with Crippen LogP contribution >= 0.6 is 31.9 Å². The van der Waals surface area contributed by atoms with Crippen LogP contribution in [0.3, 0.4) is 0 Å². The van der Waals surface area contributed by atoms with E-state index in [-0.39, 0.29) is 20.3 Å². The van der Waals surface area contributed by atoms with Gasteiger partial charge in [-0.3, -0.25) is 19.6 Å². The number of aromatic nitrogens is 2. The van der Waals surface area contributed by atoms with E-state index < -0.39 is 41.6 Å². The van der Waals surface area contributed by atoms with Crippen molar-refractivity contribution < 1.29 is 27.3 Å². The molecule has 1 heterocycles. The zero-order valence-corrected chi connectivity index (χ0v) is 15.6. The molecule has 1 aromatic carbocycles. The Hall–Kier alpha value is -2.02. The first kappa shape index (κ1) is 20.3. The number of alkyl halides is 4. The minimum Gasteiger partial charge on any atom is -0.323 e. The molecule has 140 valence electrons. The van der Waals surface area contributed by atoms with E-state index in [1.807, 2.05) is 0 Å². The number of nitrogens with zero attached hydrogens (tertiary/aromatic N) is 3. The first-order chi connectivity index (χ1) is 12.1. The van der Waals surface area contributed by atoms with E-state index in [2.05, 4.69) is 42.3 Å². The number of halogens is 6. The highest BCUT2D eigenvalue weighted by Crippen LogP contribution is 2.35. The third-order valence-electron chi connectivity index (χ3n) is 3.07. The van der Waals surface area contributed by atoms with Gasteiger partial charge in [-0.1, -0.05) is 0 Å². The second-order valence-corrected chi connectivity index (χ2v) is 6.55. The Kier molecular flexibility index (Phi) is 6.34. The number of anilines is 1. The molecule has 0 spiro atoms. The lowest BCUT2D eigenvalue weighted by Gasteiger charge is -2.11. The molecule has 0 unspecified atom stereocenters. The third-order valence-corrected chi connectivity index (χ3v) is 4.32. The van der Waals surface area contributed by atoms with Gasteiger partial charge in [-0.25, -0.2) is 17.6 Å². The lowest BCUT2D eigenvalue weighted by molar-refractivity contribution is -0.385. The molecule has 1 N–H and O–H groups in total. The largest absolute Gasteiger partial charge is 0.323 e. The molecule has 0 atom stereocenters. The fourth-order valence-electron chi connectivity index (χ4n) is 1.96. The summed E-state index contributed by atoms with van der Waals surface area (Å²) in [6.45, 7) is -0.748. The molecule has 13 heteroatoms. The molecule has 0 aliphatic rings. The Labute approximate surface area is 159 Å². The molecule has 0 saturated carbocycles. The highest BCUT2D eigenvalue weighted by molar-refractivity contribution is 9.11. The van der Waals surface area contributed by atoms with Crippen LogP contribution in [0.25, 0.3) is 0 Å². The second kappa shape index (κ2) is 8.12. The monoisotopic (exact) mass is 502 g/mol. The molecule has 1 amide bonds. The SMILES string of the molecule is O=C(Cn1nc(C(F)F)cc1C(F)F)Nc1c(Br)cc([N+](=O)[O-])cc1Br. The van der Waals surface area contributed by atoms with Crippen LogP contribution in [0.4, 0.5) is 28.9 Å². The van der Waals surface area contributed by atoms with Gasteiger partial charge in [0, 0.05) is 21.1 Å². The molecule has 0 bridgehead atoms. The average Bonchev–Trinajstić information content (AvgIpc) is 2.94. The van der Waals surface area contributed by atoms with Crippen molar-refractivity contribution in [3.8, 4) is 0 Å². The molecule has 0 fully saturated rings. The fraction of sp³-hybridized carbons (Fsp3) is 0.231. The molecule has 0 aliphatic heterocycles. The number of nitrogens with one attached hydrogen (secondary N) is 1. The average molecular weight is 504 g/mol. The number of rotatable bonds is 6. The van der Waals surface area contributed by atoms with Gasteiger partial charge in [0.15, 0.2) is 0 Å². The first-order valence-corrected chi connectivity index (χ1v) is 8.26. The van der Waals surface area contributed by atoms with Gasteiger partial charge in [0.2, 0.25) is 5.91 Å². The van der Waals surface area contributed by atoms with Gasteiger partial charge >= 0.3 is 0 Å². The summed E-state index contributed by atoms with van der Waals surface area (Å²) >= 11 is 6.10. The van der Waals surface area contributed by atoms with Crippen molar-refractivity contribution in [1.29, 1.82) is 0 Å². The zero-order chi connectivity index (χ0) is 19.6. The Morgan fingerprint density at radius 3 is 2.23 bits per heavy atom. The Morgan fingerprint density at radius 2 is 1.77 bits per heavy atom. The van der Waals surface area contributed by atoms with E-state index >= 15 is 0 Å². The van der Waals surface area contributed by atoms with E-state index in [9.17, 15) is 32.5 Å². The molecular weight excluding hydrogens is 496 g/mol. The van der Waals surface area contributed by atoms with E-state index in [4.69, 9.17) is 0 Å². The molecule has 2 rings (SSSR count). The van der Waals surface area contributed by atoms with E-state index in [0.717, 1.165) is 12.1 Å². The molecule has 0 radical (unpaired) electrons. The first-order valence-electron chi connectivity index (χ1n) is 6.67.